The lowest BCUT2D eigenvalue weighted by molar-refractivity contribution is 0.0334. The molecule has 1 N–H and O–H groups in total. The summed E-state index contributed by atoms with van der Waals surface area (Å²) in [7, 11) is 0. The van der Waals surface area contributed by atoms with E-state index < -0.39 is 5.60 Å². The first-order valence-corrected chi connectivity index (χ1v) is 4.96. The lowest BCUT2D eigenvalue weighted by Crippen LogP contribution is -2.28. The van der Waals surface area contributed by atoms with Crippen LogP contribution in [0.4, 0.5) is 0 Å². The van der Waals surface area contributed by atoms with Gasteiger partial charge in [-0.2, -0.15) is 0 Å². The molecule has 74 valence electrons. The molecule has 0 unspecified atom stereocenters. The van der Waals surface area contributed by atoms with Gasteiger partial charge < -0.3 is 5.11 Å². The maximum Gasteiger partial charge on any atom is 0.0594 e. The molecule has 0 atom stereocenters. The maximum atomic E-state index is 9.69. The van der Waals surface area contributed by atoms with E-state index in [0.29, 0.717) is 17.8 Å². The molecule has 0 bridgehead atoms. The third-order valence-electron chi connectivity index (χ3n) is 2.45. The molecule has 0 aromatic heterocycles. The van der Waals surface area contributed by atoms with Crippen LogP contribution >= 0.6 is 0 Å². The maximum absolute atomic E-state index is 9.69. The molecule has 0 spiro atoms. The normalized spacial score (nSPS) is 13.5. The Balaban J connectivity index is 4.15. The summed E-state index contributed by atoms with van der Waals surface area (Å²) in [6, 6.07) is 0. The SMILES string of the molecule is CC(C)C(CC(C)(C)O)C(C)C. The molecule has 0 aliphatic heterocycles. The van der Waals surface area contributed by atoms with Gasteiger partial charge in [-0.1, -0.05) is 27.7 Å². The minimum Gasteiger partial charge on any atom is -0.390 e. The van der Waals surface area contributed by atoms with Crippen LogP contribution in [0, 0.1) is 17.8 Å². The van der Waals surface area contributed by atoms with Crippen LogP contribution in [-0.2, 0) is 0 Å². The molecule has 0 aromatic carbocycles. The Hall–Kier alpha value is -0.0400. The second kappa shape index (κ2) is 4.27. The van der Waals surface area contributed by atoms with Crippen LogP contribution < -0.4 is 0 Å². The van der Waals surface area contributed by atoms with E-state index in [1.165, 1.54) is 0 Å². The molecule has 0 radical (unpaired) electrons. The zero-order valence-corrected chi connectivity index (χ0v) is 9.39. The summed E-state index contributed by atoms with van der Waals surface area (Å²) in [4.78, 5) is 0. The first-order chi connectivity index (χ1) is 5.24. The molecular weight excluding hydrogens is 148 g/mol. The first-order valence-electron chi connectivity index (χ1n) is 4.96. The Morgan fingerprint density at radius 1 is 1.00 bits per heavy atom. The number of hydrogen-bond acceptors (Lipinski definition) is 1. The Kier molecular flexibility index (Phi) is 4.25. The van der Waals surface area contributed by atoms with E-state index in [-0.39, 0.29) is 0 Å². The second-order valence-electron chi connectivity index (χ2n) is 5.17. The van der Waals surface area contributed by atoms with E-state index in [1.54, 1.807) is 0 Å². The van der Waals surface area contributed by atoms with Gasteiger partial charge in [0, 0.05) is 0 Å². The molecule has 0 heterocycles. The molecule has 0 aromatic rings. The molecule has 12 heavy (non-hydrogen) atoms. The van der Waals surface area contributed by atoms with Crippen molar-refractivity contribution in [1.29, 1.82) is 0 Å². The Bertz CT molecular complexity index is 111. The number of aliphatic hydroxyl groups is 1. The highest BCUT2D eigenvalue weighted by molar-refractivity contribution is 4.75. The molecule has 0 saturated heterocycles. The van der Waals surface area contributed by atoms with Gasteiger partial charge in [0.2, 0.25) is 0 Å². The molecular formula is C11H24O. The van der Waals surface area contributed by atoms with Gasteiger partial charge >= 0.3 is 0 Å². The molecule has 1 nitrogen and oxygen atoms in total. The summed E-state index contributed by atoms with van der Waals surface area (Å²) in [5, 5.41) is 9.69. The van der Waals surface area contributed by atoms with E-state index in [9.17, 15) is 5.11 Å². The molecule has 0 aliphatic rings. The largest absolute Gasteiger partial charge is 0.390 e. The fourth-order valence-corrected chi connectivity index (χ4v) is 1.82. The lowest BCUT2D eigenvalue weighted by atomic mass is 9.78. The van der Waals surface area contributed by atoms with Gasteiger partial charge in [0.05, 0.1) is 5.60 Å². The Morgan fingerprint density at radius 3 is 1.42 bits per heavy atom. The Labute approximate surface area is 77.2 Å². The van der Waals surface area contributed by atoms with E-state index >= 15 is 0 Å². The predicted octanol–water partition coefficient (Wildman–Crippen LogP) is 3.08. The van der Waals surface area contributed by atoms with Crippen molar-refractivity contribution in [2.45, 2.75) is 53.6 Å². The number of hydrogen-bond donors (Lipinski definition) is 1. The average Bonchev–Trinajstić information content (AvgIpc) is 1.79. The first kappa shape index (κ1) is 12.0. The predicted molar refractivity (Wildman–Crippen MR) is 54.1 cm³/mol. The van der Waals surface area contributed by atoms with E-state index in [2.05, 4.69) is 27.7 Å². The topological polar surface area (TPSA) is 20.2 Å². The summed E-state index contributed by atoms with van der Waals surface area (Å²) in [6.07, 6.45) is 0.905. The summed E-state index contributed by atoms with van der Waals surface area (Å²) < 4.78 is 0. The molecule has 0 saturated carbocycles. The quantitative estimate of drug-likeness (QED) is 0.691. The van der Waals surface area contributed by atoms with Crippen LogP contribution in [0.5, 0.6) is 0 Å². The van der Waals surface area contributed by atoms with Gasteiger partial charge in [-0.3, -0.25) is 0 Å². The van der Waals surface area contributed by atoms with Crippen LogP contribution in [0.2, 0.25) is 0 Å². The van der Waals surface area contributed by atoms with E-state index in [4.69, 9.17) is 0 Å². The zero-order valence-electron chi connectivity index (χ0n) is 9.39. The summed E-state index contributed by atoms with van der Waals surface area (Å²) >= 11 is 0. The van der Waals surface area contributed by atoms with Crippen LogP contribution in [0.25, 0.3) is 0 Å². The second-order valence-corrected chi connectivity index (χ2v) is 5.17. The summed E-state index contributed by atoms with van der Waals surface area (Å²) in [5.41, 5.74) is -0.515. The molecule has 0 rings (SSSR count). The molecule has 0 fully saturated rings. The summed E-state index contributed by atoms with van der Waals surface area (Å²) in [5.74, 6) is 1.96. The lowest BCUT2D eigenvalue weighted by Gasteiger charge is -2.30. The zero-order chi connectivity index (χ0) is 9.94. The van der Waals surface area contributed by atoms with E-state index in [0.717, 1.165) is 6.42 Å². The van der Waals surface area contributed by atoms with Gasteiger partial charge in [0.1, 0.15) is 0 Å². The fraction of sp³-hybridized carbons (Fsp3) is 1.00. The van der Waals surface area contributed by atoms with Crippen molar-refractivity contribution in [2.24, 2.45) is 17.8 Å². The molecule has 0 amide bonds. The van der Waals surface area contributed by atoms with Gasteiger partial charge in [-0.05, 0) is 38.0 Å². The minimum atomic E-state index is -0.515. The monoisotopic (exact) mass is 172 g/mol. The van der Waals surface area contributed by atoms with Gasteiger partial charge in [0.25, 0.3) is 0 Å². The van der Waals surface area contributed by atoms with E-state index in [1.807, 2.05) is 13.8 Å². The third kappa shape index (κ3) is 4.76. The van der Waals surface area contributed by atoms with Crippen molar-refractivity contribution in [3.63, 3.8) is 0 Å². The highest BCUT2D eigenvalue weighted by atomic mass is 16.3. The van der Waals surface area contributed by atoms with Crippen molar-refractivity contribution < 1.29 is 5.11 Å². The average molecular weight is 172 g/mol. The van der Waals surface area contributed by atoms with Crippen LogP contribution in [0.15, 0.2) is 0 Å². The van der Waals surface area contributed by atoms with Crippen molar-refractivity contribution in [3.8, 4) is 0 Å². The smallest absolute Gasteiger partial charge is 0.0594 e. The standard InChI is InChI=1S/C11H24O/c1-8(2)10(9(3)4)7-11(5,6)12/h8-10,12H,7H2,1-6H3. The van der Waals surface area contributed by atoms with Gasteiger partial charge in [0.15, 0.2) is 0 Å². The molecule has 1 heteroatoms. The van der Waals surface area contributed by atoms with Crippen LogP contribution in [0.1, 0.15) is 48.0 Å². The van der Waals surface area contributed by atoms with Gasteiger partial charge in [-0.15, -0.1) is 0 Å². The molecule has 0 aliphatic carbocycles. The van der Waals surface area contributed by atoms with Crippen molar-refractivity contribution in [3.05, 3.63) is 0 Å². The van der Waals surface area contributed by atoms with Crippen molar-refractivity contribution in [2.75, 3.05) is 0 Å². The summed E-state index contributed by atoms with van der Waals surface area (Å²) in [6.45, 7) is 12.7. The number of rotatable bonds is 4. The van der Waals surface area contributed by atoms with Crippen LogP contribution in [-0.4, -0.2) is 10.7 Å². The highest BCUT2D eigenvalue weighted by Crippen LogP contribution is 2.29. The fourth-order valence-electron chi connectivity index (χ4n) is 1.82. The van der Waals surface area contributed by atoms with Gasteiger partial charge in [-0.25, -0.2) is 0 Å². The third-order valence-corrected chi connectivity index (χ3v) is 2.45. The van der Waals surface area contributed by atoms with Crippen molar-refractivity contribution in [1.82, 2.24) is 0 Å². The Morgan fingerprint density at radius 2 is 1.33 bits per heavy atom. The van der Waals surface area contributed by atoms with Crippen LogP contribution in [0.3, 0.4) is 0 Å². The highest BCUT2D eigenvalue weighted by Gasteiger charge is 2.24. The van der Waals surface area contributed by atoms with Crippen molar-refractivity contribution >= 4 is 0 Å². The minimum absolute atomic E-state index is 0.515.